The molecule has 0 bridgehead atoms. The molecule has 8 nitrogen and oxygen atoms in total. The Morgan fingerprint density at radius 2 is 1.73 bits per heavy atom. The van der Waals surface area contributed by atoms with E-state index in [2.05, 4.69) is 31.1 Å². The molecule has 132 valence electrons. The fourth-order valence-corrected chi connectivity index (χ4v) is 2.27. The molecular formula is C18H18N6O2. The summed E-state index contributed by atoms with van der Waals surface area (Å²) in [5.74, 6) is 1.46. The molecule has 1 amide bonds. The van der Waals surface area contributed by atoms with E-state index in [1.807, 2.05) is 36.4 Å². The maximum Gasteiger partial charge on any atom is 0.249 e. The summed E-state index contributed by atoms with van der Waals surface area (Å²) in [5.41, 5.74) is 2.27. The smallest absolute Gasteiger partial charge is 0.249 e. The van der Waals surface area contributed by atoms with Crippen molar-refractivity contribution < 1.29 is 9.53 Å². The molecule has 0 fully saturated rings. The highest BCUT2D eigenvalue weighted by molar-refractivity contribution is 5.88. The predicted octanol–water partition coefficient (Wildman–Crippen LogP) is 3.33. The third kappa shape index (κ3) is 4.44. The van der Waals surface area contributed by atoms with Gasteiger partial charge < -0.3 is 20.7 Å². The zero-order valence-corrected chi connectivity index (χ0v) is 14.4. The molecule has 8 heteroatoms. The van der Waals surface area contributed by atoms with E-state index in [0.29, 0.717) is 23.2 Å². The lowest BCUT2D eigenvalue weighted by molar-refractivity contribution is -0.114. The monoisotopic (exact) mass is 350 g/mol. The van der Waals surface area contributed by atoms with Crippen LogP contribution in [0.1, 0.15) is 6.92 Å². The van der Waals surface area contributed by atoms with E-state index < -0.39 is 0 Å². The van der Waals surface area contributed by atoms with E-state index >= 15 is 0 Å². The van der Waals surface area contributed by atoms with Crippen LogP contribution in [-0.4, -0.2) is 28.2 Å². The minimum absolute atomic E-state index is 0.117. The Hall–Kier alpha value is -3.68. The SMILES string of the molecule is COc1ccccc1Nc1cnnc(Nc2ccc(NC(C)=O)cc2)n1. The topological polar surface area (TPSA) is 101 Å². The van der Waals surface area contributed by atoms with E-state index in [1.54, 1.807) is 19.2 Å². The first-order valence-corrected chi connectivity index (χ1v) is 7.88. The van der Waals surface area contributed by atoms with Gasteiger partial charge in [0.05, 0.1) is 19.0 Å². The van der Waals surface area contributed by atoms with E-state index in [1.165, 1.54) is 13.1 Å². The molecule has 0 saturated carbocycles. The number of aromatic nitrogens is 3. The van der Waals surface area contributed by atoms with Gasteiger partial charge in [0.15, 0.2) is 5.82 Å². The predicted molar refractivity (Wildman–Crippen MR) is 100 cm³/mol. The molecule has 2 aromatic carbocycles. The summed E-state index contributed by atoms with van der Waals surface area (Å²) < 4.78 is 5.31. The second kappa shape index (κ2) is 7.93. The molecule has 3 aromatic rings. The largest absolute Gasteiger partial charge is 0.495 e. The second-order valence-electron chi connectivity index (χ2n) is 5.37. The average molecular weight is 350 g/mol. The van der Waals surface area contributed by atoms with Gasteiger partial charge in [-0.25, -0.2) is 0 Å². The van der Waals surface area contributed by atoms with Crippen molar-refractivity contribution in [2.24, 2.45) is 0 Å². The minimum atomic E-state index is -0.117. The third-order valence-corrected chi connectivity index (χ3v) is 3.39. The van der Waals surface area contributed by atoms with Crippen molar-refractivity contribution in [2.75, 3.05) is 23.1 Å². The first-order valence-electron chi connectivity index (χ1n) is 7.88. The fraction of sp³-hybridized carbons (Fsp3) is 0.111. The van der Waals surface area contributed by atoms with Crippen molar-refractivity contribution in [3.63, 3.8) is 0 Å². The number of carbonyl (C=O) groups is 1. The number of carbonyl (C=O) groups excluding carboxylic acids is 1. The van der Waals surface area contributed by atoms with Crippen molar-refractivity contribution >= 4 is 34.7 Å². The Labute approximate surface area is 150 Å². The van der Waals surface area contributed by atoms with Crippen LogP contribution in [0.3, 0.4) is 0 Å². The van der Waals surface area contributed by atoms with Gasteiger partial charge in [-0.15, -0.1) is 5.10 Å². The van der Waals surface area contributed by atoms with Gasteiger partial charge in [0.25, 0.3) is 0 Å². The van der Waals surface area contributed by atoms with Gasteiger partial charge in [-0.05, 0) is 36.4 Å². The first kappa shape index (κ1) is 17.2. The molecule has 0 unspecified atom stereocenters. The Balaban J connectivity index is 1.72. The van der Waals surface area contributed by atoms with Crippen LogP contribution in [0.4, 0.5) is 28.8 Å². The molecule has 0 aliphatic heterocycles. The highest BCUT2D eigenvalue weighted by Crippen LogP contribution is 2.26. The van der Waals surface area contributed by atoms with Crippen molar-refractivity contribution in [3.8, 4) is 5.75 Å². The van der Waals surface area contributed by atoms with Crippen LogP contribution in [0.25, 0.3) is 0 Å². The number of ether oxygens (including phenoxy) is 1. The van der Waals surface area contributed by atoms with Gasteiger partial charge in [-0.3, -0.25) is 4.79 Å². The number of para-hydroxylation sites is 2. The number of hydrogen-bond donors (Lipinski definition) is 3. The lowest BCUT2D eigenvalue weighted by atomic mass is 10.3. The van der Waals surface area contributed by atoms with Gasteiger partial charge in [0.1, 0.15) is 5.75 Å². The van der Waals surface area contributed by atoms with Gasteiger partial charge in [0.2, 0.25) is 11.9 Å². The minimum Gasteiger partial charge on any atom is -0.495 e. The number of hydrogen-bond acceptors (Lipinski definition) is 7. The maximum atomic E-state index is 11.1. The molecular weight excluding hydrogens is 332 g/mol. The summed E-state index contributed by atoms with van der Waals surface area (Å²) in [7, 11) is 1.61. The van der Waals surface area contributed by atoms with Crippen molar-refractivity contribution in [2.45, 2.75) is 6.92 Å². The summed E-state index contributed by atoms with van der Waals surface area (Å²) in [5, 5.41) is 16.9. The van der Waals surface area contributed by atoms with Crippen molar-refractivity contribution in [3.05, 3.63) is 54.7 Å². The summed E-state index contributed by atoms with van der Waals surface area (Å²) in [4.78, 5) is 15.4. The van der Waals surface area contributed by atoms with Gasteiger partial charge in [-0.2, -0.15) is 10.1 Å². The van der Waals surface area contributed by atoms with Gasteiger partial charge in [-0.1, -0.05) is 12.1 Å². The van der Waals surface area contributed by atoms with Crippen LogP contribution in [0.5, 0.6) is 5.75 Å². The number of benzene rings is 2. The molecule has 0 atom stereocenters. The molecule has 0 aliphatic rings. The van der Waals surface area contributed by atoms with Crippen LogP contribution in [0.15, 0.2) is 54.7 Å². The van der Waals surface area contributed by atoms with Crippen molar-refractivity contribution in [1.82, 2.24) is 15.2 Å². The molecule has 26 heavy (non-hydrogen) atoms. The van der Waals surface area contributed by atoms with E-state index in [-0.39, 0.29) is 5.91 Å². The molecule has 0 saturated heterocycles. The summed E-state index contributed by atoms with van der Waals surface area (Å²) in [6.07, 6.45) is 1.53. The highest BCUT2D eigenvalue weighted by Gasteiger charge is 2.06. The van der Waals surface area contributed by atoms with Crippen molar-refractivity contribution in [1.29, 1.82) is 0 Å². The number of amides is 1. The second-order valence-corrected chi connectivity index (χ2v) is 5.37. The molecule has 3 rings (SSSR count). The number of nitrogens with zero attached hydrogens (tertiary/aromatic N) is 3. The fourth-order valence-electron chi connectivity index (χ4n) is 2.27. The molecule has 0 spiro atoms. The maximum absolute atomic E-state index is 11.1. The Kier molecular flexibility index (Phi) is 5.23. The van der Waals surface area contributed by atoms with E-state index in [9.17, 15) is 4.79 Å². The Morgan fingerprint density at radius 3 is 2.46 bits per heavy atom. The third-order valence-electron chi connectivity index (χ3n) is 3.39. The van der Waals surface area contributed by atoms with Crippen LogP contribution in [0.2, 0.25) is 0 Å². The molecule has 1 heterocycles. The molecule has 0 radical (unpaired) electrons. The van der Waals surface area contributed by atoms with Crippen LogP contribution in [0, 0.1) is 0 Å². The van der Waals surface area contributed by atoms with Gasteiger partial charge in [0, 0.05) is 18.3 Å². The van der Waals surface area contributed by atoms with Crippen LogP contribution >= 0.6 is 0 Å². The van der Waals surface area contributed by atoms with Crippen LogP contribution in [-0.2, 0) is 4.79 Å². The molecule has 3 N–H and O–H groups in total. The lowest BCUT2D eigenvalue weighted by Crippen LogP contribution is -2.06. The molecule has 0 aliphatic carbocycles. The zero-order chi connectivity index (χ0) is 18.4. The highest BCUT2D eigenvalue weighted by atomic mass is 16.5. The Morgan fingerprint density at radius 1 is 1.00 bits per heavy atom. The lowest BCUT2D eigenvalue weighted by Gasteiger charge is -2.11. The number of nitrogens with one attached hydrogen (secondary N) is 3. The molecule has 1 aromatic heterocycles. The number of anilines is 5. The zero-order valence-electron chi connectivity index (χ0n) is 14.4. The summed E-state index contributed by atoms with van der Waals surface area (Å²) in [6, 6.07) is 14.7. The van der Waals surface area contributed by atoms with Crippen LogP contribution < -0.4 is 20.7 Å². The first-order chi connectivity index (χ1) is 12.6. The average Bonchev–Trinajstić information content (AvgIpc) is 2.64. The Bertz CT molecular complexity index is 898. The van der Waals surface area contributed by atoms with E-state index in [4.69, 9.17) is 4.74 Å². The number of rotatable bonds is 6. The quantitative estimate of drug-likeness (QED) is 0.627. The normalized spacial score (nSPS) is 10.1. The standard InChI is InChI=1S/C18H18N6O2/c1-12(25)20-13-7-9-14(10-8-13)21-18-23-17(11-19-24-18)22-15-5-3-4-6-16(15)26-2/h3-11H,1-2H3,(H,20,25)(H2,21,22,23,24). The summed E-state index contributed by atoms with van der Waals surface area (Å²) in [6.45, 7) is 1.46. The summed E-state index contributed by atoms with van der Waals surface area (Å²) >= 11 is 0. The van der Waals surface area contributed by atoms with E-state index in [0.717, 1.165) is 11.4 Å². The van der Waals surface area contributed by atoms with Gasteiger partial charge >= 0.3 is 0 Å². The number of methoxy groups -OCH3 is 1.